The largest absolute Gasteiger partial charge is 0.497 e. The number of hydrogen-bond acceptors (Lipinski definition) is 3. The second kappa shape index (κ2) is 4.77. The van der Waals surface area contributed by atoms with Gasteiger partial charge in [-0.05, 0) is 48.4 Å². The summed E-state index contributed by atoms with van der Waals surface area (Å²) < 4.78 is 5.38. The Morgan fingerprint density at radius 3 is 2.95 bits per heavy atom. The highest BCUT2D eigenvalue weighted by Crippen LogP contribution is 2.45. The molecule has 0 bridgehead atoms. The number of nitrogens with zero attached hydrogens (tertiary/aromatic N) is 2. The molecule has 1 heterocycles. The molecule has 0 spiro atoms. The molecule has 1 fully saturated rings. The third-order valence-corrected chi connectivity index (χ3v) is 4.81. The van der Waals surface area contributed by atoms with E-state index < -0.39 is 0 Å². The first kappa shape index (κ1) is 12.3. The Morgan fingerprint density at radius 1 is 1.37 bits per heavy atom. The van der Waals surface area contributed by atoms with Crippen molar-refractivity contribution in [3.8, 4) is 11.9 Å². The van der Waals surface area contributed by atoms with E-state index in [1.807, 2.05) is 11.0 Å². The van der Waals surface area contributed by atoms with Crippen LogP contribution in [0.5, 0.6) is 5.75 Å². The highest BCUT2D eigenvalue weighted by molar-refractivity contribution is 5.41. The van der Waals surface area contributed by atoms with Gasteiger partial charge in [-0.3, -0.25) is 0 Å². The highest BCUT2D eigenvalue weighted by atomic mass is 16.5. The van der Waals surface area contributed by atoms with Gasteiger partial charge < -0.3 is 9.64 Å². The number of nitriles is 1. The summed E-state index contributed by atoms with van der Waals surface area (Å²) in [7, 11) is 1.72. The fourth-order valence-corrected chi connectivity index (χ4v) is 3.80. The van der Waals surface area contributed by atoms with E-state index in [4.69, 9.17) is 4.74 Å². The Bertz CT molecular complexity index is 520. The van der Waals surface area contributed by atoms with Crippen molar-refractivity contribution < 1.29 is 4.74 Å². The fraction of sp³-hybridized carbons (Fsp3) is 0.562. The van der Waals surface area contributed by atoms with Gasteiger partial charge in [0, 0.05) is 18.5 Å². The smallest absolute Gasteiger partial charge is 0.179 e. The predicted octanol–water partition coefficient (Wildman–Crippen LogP) is 2.92. The number of rotatable bonds is 1. The number of methoxy groups -OCH3 is 1. The molecule has 1 aliphatic carbocycles. The highest BCUT2D eigenvalue weighted by Gasteiger charge is 2.40. The summed E-state index contributed by atoms with van der Waals surface area (Å²) in [6, 6.07) is 6.79. The van der Waals surface area contributed by atoms with Crippen LogP contribution in [0.15, 0.2) is 18.2 Å². The molecule has 3 rings (SSSR count). The number of fused-ring (bicyclic) bond motifs is 3. The molecule has 0 amide bonds. The lowest BCUT2D eigenvalue weighted by Gasteiger charge is -2.28. The van der Waals surface area contributed by atoms with Crippen molar-refractivity contribution in [3.63, 3.8) is 0 Å². The molecule has 19 heavy (non-hydrogen) atoms. The number of benzene rings is 1. The van der Waals surface area contributed by atoms with E-state index in [1.165, 1.54) is 17.5 Å². The van der Waals surface area contributed by atoms with Crippen molar-refractivity contribution in [2.45, 2.75) is 38.1 Å². The lowest BCUT2D eigenvalue weighted by molar-refractivity contribution is 0.274. The molecular weight excluding hydrogens is 236 g/mol. The molecule has 3 atom stereocenters. The van der Waals surface area contributed by atoms with Crippen molar-refractivity contribution >= 4 is 0 Å². The number of hydrogen-bond donors (Lipinski definition) is 0. The van der Waals surface area contributed by atoms with E-state index in [0.717, 1.165) is 25.1 Å². The molecule has 1 saturated carbocycles. The second-order valence-corrected chi connectivity index (χ2v) is 5.76. The molecule has 0 N–H and O–H groups in total. The maximum atomic E-state index is 9.38. The molecule has 0 unspecified atom stereocenters. The summed E-state index contributed by atoms with van der Waals surface area (Å²) in [5.41, 5.74) is 2.80. The average molecular weight is 256 g/mol. The molecule has 0 saturated heterocycles. The van der Waals surface area contributed by atoms with Gasteiger partial charge in [-0.1, -0.05) is 13.0 Å². The zero-order chi connectivity index (χ0) is 13.4. The minimum Gasteiger partial charge on any atom is -0.497 e. The zero-order valence-corrected chi connectivity index (χ0v) is 11.6. The van der Waals surface area contributed by atoms with Crippen LogP contribution in [-0.2, 0) is 6.42 Å². The maximum Gasteiger partial charge on any atom is 0.179 e. The Morgan fingerprint density at radius 2 is 2.21 bits per heavy atom. The van der Waals surface area contributed by atoms with Crippen LogP contribution in [0, 0.1) is 17.4 Å². The van der Waals surface area contributed by atoms with Gasteiger partial charge in [0.05, 0.1) is 7.11 Å². The zero-order valence-electron chi connectivity index (χ0n) is 11.6. The van der Waals surface area contributed by atoms with Gasteiger partial charge in [-0.25, -0.2) is 0 Å². The van der Waals surface area contributed by atoms with E-state index in [2.05, 4.69) is 25.2 Å². The Kier molecular flexibility index (Phi) is 3.10. The van der Waals surface area contributed by atoms with Crippen molar-refractivity contribution in [3.05, 3.63) is 29.3 Å². The number of ether oxygens (including phenoxy) is 1. The third kappa shape index (κ3) is 1.96. The standard InChI is InChI=1S/C16H20N2O/c1-11-3-6-15-16(11)14-9-13(19-2)5-4-12(14)7-8-18(15)10-17/h4-5,9,11,15-16H,3,6-8H2,1-2H3/t11-,15+,16-/m1/s1. The molecular formula is C16H20N2O. The van der Waals surface area contributed by atoms with Gasteiger partial charge in [0.2, 0.25) is 0 Å². The van der Waals surface area contributed by atoms with E-state index >= 15 is 0 Å². The van der Waals surface area contributed by atoms with Crippen molar-refractivity contribution in [2.75, 3.05) is 13.7 Å². The van der Waals surface area contributed by atoms with Crippen LogP contribution in [-0.4, -0.2) is 24.6 Å². The lowest BCUT2D eigenvalue weighted by Crippen LogP contribution is -2.33. The second-order valence-electron chi connectivity index (χ2n) is 5.76. The van der Waals surface area contributed by atoms with Crippen molar-refractivity contribution in [1.82, 2.24) is 4.90 Å². The normalized spacial score (nSPS) is 29.1. The summed E-state index contributed by atoms with van der Waals surface area (Å²) >= 11 is 0. The van der Waals surface area contributed by atoms with Crippen LogP contribution in [0.4, 0.5) is 0 Å². The van der Waals surface area contributed by atoms with E-state index in [0.29, 0.717) is 17.9 Å². The molecule has 0 radical (unpaired) electrons. The van der Waals surface area contributed by atoms with Gasteiger partial charge in [0.15, 0.2) is 6.19 Å². The third-order valence-electron chi connectivity index (χ3n) is 4.81. The summed E-state index contributed by atoms with van der Waals surface area (Å²) in [6.07, 6.45) is 5.71. The van der Waals surface area contributed by atoms with Crippen LogP contribution >= 0.6 is 0 Å². The van der Waals surface area contributed by atoms with Crippen LogP contribution in [0.25, 0.3) is 0 Å². The monoisotopic (exact) mass is 256 g/mol. The first-order chi connectivity index (χ1) is 9.24. The molecule has 1 aromatic rings. The summed E-state index contributed by atoms with van der Waals surface area (Å²) in [5.74, 6) is 2.05. The topological polar surface area (TPSA) is 36.3 Å². The first-order valence-corrected chi connectivity index (χ1v) is 7.07. The summed E-state index contributed by atoms with van der Waals surface area (Å²) in [6.45, 7) is 3.17. The molecule has 1 aromatic carbocycles. The fourth-order valence-electron chi connectivity index (χ4n) is 3.80. The molecule has 100 valence electrons. The van der Waals surface area contributed by atoms with Crippen molar-refractivity contribution in [1.29, 1.82) is 5.26 Å². The van der Waals surface area contributed by atoms with Gasteiger partial charge >= 0.3 is 0 Å². The Balaban J connectivity index is 2.08. The average Bonchev–Trinajstić information content (AvgIpc) is 2.73. The minimum atomic E-state index is 0.383. The van der Waals surface area contributed by atoms with Crippen LogP contribution in [0.2, 0.25) is 0 Å². The van der Waals surface area contributed by atoms with Gasteiger partial charge in [0.25, 0.3) is 0 Å². The lowest BCUT2D eigenvalue weighted by atomic mass is 9.85. The van der Waals surface area contributed by atoms with E-state index in [9.17, 15) is 5.26 Å². The van der Waals surface area contributed by atoms with Crippen molar-refractivity contribution in [2.24, 2.45) is 5.92 Å². The first-order valence-electron chi connectivity index (χ1n) is 7.07. The predicted molar refractivity (Wildman–Crippen MR) is 73.9 cm³/mol. The van der Waals surface area contributed by atoms with E-state index in [1.54, 1.807) is 7.11 Å². The molecule has 2 aliphatic rings. The summed E-state index contributed by atoms with van der Waals surface area (Å²) in [5, 5.41) is 9.38. The Hall–Kier alpha value is -1.69. The van der Waals surface area contributed by atoms with Gasteiger partial charge in [0.1, 0.15) is 5.75 Å². The molecule has 3 nitrogen and oxygen atoms in total. The minimum absolute atomic E-state index is 0.383. The van der Waals surface area contributed by atoms with Gasteiger partial charge in [-0.2, -0.15) is 5.26 Å². The van der Waals surface area contributed by atoms with E-state index in [-0.39, 0.29) is 0 Å². The quantitative estimate of drug-likeness (QED) is 0.725. The molecule has 1 aliphatic heterocycles. The SMILES string of the molecule is COc1ccc2c(c1)[C@H]1[C@H](C)CC[C@@H]1N(C#N)CC2. The molecule has 3 heteroatoms. The van der Waals surface area contributed by atoms with Crippen LogP contribution in [0.1, 0.15) is 36.8 Å². The van der Waals surface area contributed by atoms with Gasteiger partial charge in [-0.15, -0.1) is 0 Å². The molecule has 0 aromatic heterocycles. The Labute approximate surface area is 114 Å². The van der Waals surface area contributed by atoms with Crippen LogP contribution < -0.4 is 4.74 Å². The maximum absolute atomic E-state index is 9.38. The van der Waals surface area contributed by atoms with Crippen LogP contribution in [0.3, 0.4) is 0 Å². The summed E-state index contributed by atoms with van der Waals surface area (Å²) in [4.78, 5) is 2.00.